The summed E-state index contributed by atoms with van der Waals surface area (Å²) in [7, 11) is 0. The summed E-state index contributed by atoms with van der Waals surface area (Å²) in [5.74, 6) is -0.775. The molecule has 0 saturated carbocycles. The molecule has 27 heavy (non-hydrogen) atoms. The molecule has 0 fully saturated rings. The van der Waals surface area contributed by atoms with Crippen LogP contribution in [0.15, 0.2) is 83.8 Å². The van der Waals surface area contributed by atoms with Gasteiger partial charge in [-0.25, -0.2) is 9.78 Å². The van der Waals surface area contributed by atoms with Gasteiger partial charge >= 0.3 is 11.5 Å². The maximum Gasteiger partial charge on any atom is 0.343 e. The van der Waals surface area contributed by atoms with Crippen molar-refractivity contribution in [3.8, 4) is 17.0 Å². The Morgan fingerprint density at radius 3 is 2.37 bits per heavy atom. The van der Waals surface area contributed by atoms with E-state index < -0.39 is 11.5 Å². The van der Waals surface area contributed by atoms with Gasteiger partial charge in [-0.3, -0.25) is 9.20 Å². The van der Waals surface area contributed by atoms with Crippen molar-refractivity contribution in [2.45, 2.75) is 0 Å². The number of pyridine rings is 1. The molecule has 2 aromatic carbocycles. The van der Waals surface area contributed by atoms with Crippen LogP contribution >= 0.6 is 11.6 Å². The first-order chi connectivity index (χ1) is 13.1. The molecule has 132 valence electrons. The molecule has 0 amide bonds. The number of hydrogen-bond acceptors (Lipinski definition) is 4. The molecule has 0 spiro atoms. The lowest BCUT2D eigenvalue weighted by Gasteiger charge is -2.11. The minimum atomic E-state index is -0.654. The Hall–Kier alpha value is -3.44. The van der Waals surface area contributed by atoms with Crippen LogP contribution < -0.4 is 10.3 Å². The summed E-state index contributed by atoms with van der Waals surface area (Å²) in [6.07, 6.45) is 1.58. The second kappa shape index (κ2) is 7.05. The summed E-state index contributed by atoms with van der Waals surface area (Å²) in [6.45, 7) is 0. The third kappa shape index (κ3) is 3.32. The minimum Gasteiger partial charge on any atom is -0.415 e. The number of rotatable bonds is 3. The van der Waals surface area contributed by atoms with Crippen LogP contribution in [0, 0.1) is 0 Å². The molecule has 0 aliphatic heterocycles. The van der Waals surface area contributed by atoms with Crippen LogP contribution in [0.25, 0.3) is 16.9 Å². The maximum absolute atomic E-state index is 13.0. The van der Waals surface area contributed by atoms with Crippen molar-refractivity contribution in [1.29, 1.82) is 0 Å². The van der Waals surface area contributed by atoms with Crippen molar-refractivity contribution in [2.75, 3.05) is 0 Å². The molecule has 0 unspecified atom stereocenters. The van der Waals surface area contributed by atoms with Gasteiger partial charge in [0.15, 0.2) is 0 Å². The van der Waals surface area contributed by atoms with Gasteiger partial charge in [-0.15, -0.1) is 0 Å². The van der Waals surface area contributed by atoms with Gasteiger partial charge in [0.05, 0.1) is 5.56 Å². The highest BCUT2D eigenvalue weighted by atomic mass is 35.5. The molecule has 0 bridgehead atoms. The minimum absolute atomic E-state index is 0.121. The zero-order valence-electron chi connectivity index (χ0n) is 14.0. The van der Waals surface area contributed by atoms with Crippen LogP contribution in [-0.4, -0.2) is 15.4 Å². The highest BCUT2D eigenvalue weighted by Crippen LogP contribution is 2.26. The average Bonchev–Trinajstić information content (AvgIpc) is 2.71. The highest BCUT2D eigenvalue weighted by molar-refractivity contribution is 6.30. The summed E-state index contributed by atoms with van der Waals surface area (Å²) in [5, 5.41) is 0.504. The molecule has 0 atom stereocenters. The molecule has 6 heteroatoms. The van der Waals surface area contributed by atoms with E-state index in [9.17, 15) is 9.59 Å². The van der Waals surface area contributed by atoms with Gasteiger partial charge in [-0.05, 0) is 36.4 Å². The summed E-state index contributed by atoms with van der Waals surface area (Å²) < 4.78 is 6.83. The van der Waals surface area contributed by atoms with Gasteiger partial charge in [-0.2, -0.15) is 0 Å². The van der Waals surface area contributed by atoms with Crippen LogP contribution in [0.1, 0.15) is 10.4 Å². The van der Waals surface area contributed by atoms with E-state index in [4.69, 9.17) is 16.3 Å². The lowest BCUT2D eigenvalue weighted by atomic mass is 10.1. The number of halogens is 1. The van der Waals surface area contributed by atoms with Gasteiger partial charge in [0.2, 0.25) is 5.75 Å². The normalized spacial score (nSPS) is 10.7. The fourth-order valence-corrected chi connectivity index (χ4v) is 2.82. The van der Waals surface area contributed by atoms with Crippen LogP contribution in [0.2, 0.25) is 5.02 Å². The molecule has 0 saturated heterocycles. The standard InChI is InChI=1S/C21H13ClN2O3/c22-16-11-9-15(10-12-16)21(26)27-19-18(14-6-2-1-3-7-14)23-17-8-4-5-13-24(17)20(19)25/h1-13H. The second-order valence-electron chi connectivity index (χ2n) is 5.79. The monoisotopic (exact) mass is 376 g/mol. The lowest BCUT2D eigenvalue weighted by Crippen LogP contribution is -2.22. The summed E-state index contributed by atoms with van der Waals surface area (Å²) in [4.78, 5) is 30.1. The summed E-state index contributed by atoms with van der Waals surface area (Å²) >= 11 is 5.86. The van der Waals surface area contributed by atoms with Gasteiger partial charge in [0, 0.05) is 16.8 Å². The van der Waals surface area contributed by atoms with Crippen molar-refractivity contribution >= 4 is 23.2 Å². The Balaban J connectivity index is 1.87. The van der Waals surface area contributed by atoms with Crippen LogP contribution in [0.4, 0.5) is 0 Å². The average molecular weight is 377 g/mol. The van der Waals surface area contributed by atoms with E-state index in [0.717, 1.165) is 0 Å². The molecular weight excluding hydrogens is 364 g/mol. The van der Waals surface area contributed by atoms with E-state index in [2.05, 4.69) is 4.98 Å². The first kappa shape index (κ1) is 17.0. The van der Waals surface area contributed by atoms with Crippen LogP contribution in [0.5, 0.6) is 5.75 Å². The Kier molecular flexibility index (Phi) is 4.44. The Morgan fingerprint density at radius 2 is 1.63 bits per heavy atom. The molecule has 2 heterocycles. The Labute approximate surface area is 159 Å². The second-order valence-corrected chi connectivity index (χ2v) is 6.22. The number of esters is 1. The van der Waals surface area contributed by atoms with E-state index in [-0.39, 0.29) is 11.3 Å². The van der Waals surface area contributed by atoms with Crippen LogP contribution in [-0.2, 0) is 0 Å². The maximum atomic E-state index is 13.0. The van der Waals surface area contributed by atoms with Gasteiger partial charge in [-0.1, -0.05) is 48.0 Å². The first-order valence-electron chi connectivity index (χ1n) is 8.18. The van der Waals surface area contributed by atoms with E-state index in [0.29, 0.717) is 21.9 Å². The zero-order chi connectivity index (χ0) is 18.8. The number of fused-ring (bicyclic) bond motifs is 1. The topological polar surface area (TPSA) is 60.7 Å². The fourth-order valence-electron chi connectivity index (χ4n) is 2.69. The summed E-state index contributed by atoms with van der Waals surface area (Å²) in [5.41, 5.74) is 1.29. The molecule has 4 aromatic rings. The number of carbonyl (C=O) groups excluding carboxylic acids is 1. The molecule has 0 radical (unpaired) electrons. The van der Waals surface area contributed by atoms with Crippen molar-refractivity contribution in [3.05, 3.63) is 99.9 Å². The molecular formula is C21H13ClN2O3. The molecule has 0 aliphatic rings. The molecule has 2 aromatic heterocycles. The van der Waals surface area contributed by atoms with Gasteiger partial charge in [0.1, 0.15) is 11.3 Å². The lowest BCUT2D eigenvalue weighted by molar-refractivity contribution is 0.0732. The van der Waals surface area contributed by atoms with E-state index in [1.807, 2.05) is 18.2 Å². The molecule has 5 nitrogen and oxygen atoms in total. The number of hydrogen-bond donors (Lipinski definition) is 0. The van der Waals surface area contributed by atoms with E-state index in [1.165, 1.54) is 4.40 Å². The van der Waals surface area contributed by atoms with E-state index >= 15 is 0 Å². The predicted molar refractivity (Wildman–Crippen MR) is 103 cm³/mol. The van der Waals surface area contributed by atoms with Gasteiger partial charge in [0.25, 0.3) is 0 Å². The number of nitrogens with zero attached hydrogens (tertiary/aromatic N) is 2. The smallest absolute Gasteiger partial charge is 0.343 e. The third-order valence-corrected chi connectivity index (χ3v) is 4.27. The molecule has 0 aliphatic carbocycles. The third-order valence-electron chi connectivity index (χ3n) is 4.01. The SMILES string of the molecule is O=C(Oc1c(-c2ccccc2)nc2ccccn2c1=O)c1ccc(Cl)cc1. The molecule has 0 N–H and O–H groups in total. The Bertz CT molecular complexity index is 1190. The molecule has 4 rings (SSSR count). The number of carbonyl (C=O) groups is 1. The highest BCUT2D eigenvalue weighted by Gasteiger charge is 2.20. The van der Waals surface area contributed by atoms with Crippen molar-refractivity contribution in [2.24, 2.45) is 0 Å². The van der Waals surface area contributed by atoms with E-state index in [1.54, 1.807) is 60.8 Å². The Morgan fingerprint density at radius 1 is 0.926 bits per heavy atom. The zero-order valence-corrected chi connectivity index (χ0v) is 14.8. The number of benzene rings is 2. The van der Waals surface area contributed by atoms with Gasteiger partial charge < -0.3 is 4.74 Å². The summed E-state index contributed by atoms with van der Waals surface area (Å²) in [6, 6.07) is 20.6. The number of aromatic nitrogens is 2. The van der Waals surface area contributed by atoms with Crippen molar-refractivity contribution < 1.29 is 9.53 Å². The largest absolute Gasteiger partial charge is 0.415 e. The fraction of sp³-hybridized carbons (Fsp3) is 0. The van der Waals surface area contributed by atoms with Crippen LogP contribution in [0.3, 0.4) is 0 Å². The number of ether oxygens (including phenoxy) is 1. The predicted octanol–water partition coefficient (Wildman–Crippen LogP) is 4.23. The van der Waals surface area contributed by atoms with Crippen molar-refractivity contribution in [3.63, 3.8) is 0 Å². The van der Waals surface area contributed by atoms with Crippen molar-refractivity contribution in [1.82, 2.24) is 9.38 Å². The quantitative estimate of drug-likeness (QED) is 0.502. The first-order valence-corrected chi connectivity index (χ1v) is 8.56.